The highest BCUT2D eigenvalue weighted by Gasteiger charge is 2.40. The Hall–Kier alpha value is -4.72. The predicted molar refractivity (Wildman–Crippen MR) is 176 cm³/mol. The van der Waals surface area contributed by atoms with Crippen molar-refractivity contribution in [3.8, 4) is 11.5 Å². The number of carbonyl (C=O) groups excluding carboxylic acids is 2. The fraction of sp³-hybridized carbons (Fsp3) is 0.235. The van der Waals surface area contributed by atoms with Gasteiger partial charge >= 0.3 is 19.9 Å². The van der Waals surface area contributed by atoms with E-state index in [0.717, 1.165) is 0 Å². The molecule has 0 amide bonds. The van der Waals surface area contributed by atoms with E-state index in [1.54, 1.807) is 97.1 Å². The summed E-state index contributed by atoms with van der Waals surface area (Å²) in [6.07, 6.45) is -2.37. The van der Waals surface area contributed by atoms with Crippen LogP contribution in [-0.2, 0) is 62.3 Å². The summed E-state index contributed by atoms with van der Waals surface area (Å²) < 4.78 is 84.3. The van der Waals surface area contributed by atoms with Crippen LogP contribution in [0, 0.1) is 0 Å². The van der Waals surface area contributed by atoms with Crippen LogP contribution in [0.15, 0.2) is 115 Å². The molecule has 1 N–H and O–H groups in total. The first-order valence-electron chi connectivity index (χ1n) is 14.9. The molecule has 0 heterocycles. The molecule has 4 aromatic carbocycles. The highest BCUT2D eigenvalue weighted by molar-refractivity contribution is 7.86. The third-order valence-electron chi connectivity index (χ3n) is 6.71. The van der Waals surface area contributed by atoms with Crippen LogP contribution >= 0.6 is 7.60 Å². The van der Waals surface area contributed by atoms with Crippen molar-refractivity contribution in [3.05, 3.63) is 132 Å². The van der Waals surface area contributed by atoms with Crippen LogP contribution in [0.5, 0.6) is 11.5 Å². The molecule has 15 heteroatoms. The number of hydrogen-bond donors (Lipinski definition) is 1. The van der Waals surface area contributed by atoms with Crippen molar-refractivity contribution in [1.82, 2.24) is 0 Å². The van der Waals surface area contributed by atoms with Crippen molar-refractivity contribution in [3.63, 3.8) is 0 Å². The zero-order valence-corrected chi connectivity index (χ0v) is 27.9. The zero-order chi connectivity index (χ0) is 35.0. The summed E-state index contributed by atoms with van der Waals surface area (Å²) in [7, 11) is -9.37. The van der Waals surface area contributed by atoms with Crippen LogP contribution in [0.25, 0.3) is 0 Å². The topological polar surface area (TPSA) is 170 Å². The molecule has 0 aliphatic rings. The summed E-state index contributed by atoms with van der Waals surface area (Å²) in [6, 6.07) is 33.4. The van der Waals surface area contributed by atoms with Gasteiger partial charge in [-0.2, -0.15) is 8.42 Å². The van der Waals surface area contributed by atoms with Crippen molar-refractivity contribution in [1.29, 1.82) is 0 Å². The van der Waals surface area contributed by atoms with E-state index in [2.05, 4.69) is 0 Å². The Labute approximate surface area is 283 Å². The number of aryl methyl sites for hydroxylation is 1. The van der Waals surface area contributed by atoms with Crippen molar-refractivity contribution in [2.24, 2.45) is 0 Å². The average molecular weight is 715 g/mol. The maximum Gasteiger partial charge on any atom is 0.510 e. The van der Waals surface area contributed by atoms with Crippen LogP contribution in [-0.4, -0.2) is 50.3 Å². The Bertz CT molecular complexity index is 1710. The number of para-hydroxylation sites is 1. The van der Waals surface area contributed by atoms with Gasteiger partial charge in [-0.15, -0.1) is 0 Å². The molecule has 4 rings (SSSR count). The molecule has 0 aliphatic carbocycles. The van der Waals surface area contributed by atoms with E-state index in [1.807, 2.05) is 18.2 Å². The second kappa shape index (κ2) is 18.7. The highest BCUT2D eigenvalue weighted by Crippen LogP contribution is 2.55. The lowest BCUT2D eigenvalue weighted by Crippen LogP contribution is -2.25. The Kier molecular flexibility index (Phi) is 14.2. The summed E-state index contributed by atoms with van der Waals surface area (Å²) in [5.41, 5.74) is 0.519. The molecule has 0 spiro atoms. The van der Waals surface area contributed by atoms with E-state index in [0.29, 0.717) is 28.2 Å². The standard InChI is InChI=1S/C34H35O13PS/c35-33(41-22-28-11-4-1-5-12-28)43-25-45-48(37,46-26-44-34(36)42-23-29-13-6-2-7-14-29)32(24-49(38,39)40)20-19-27-15-10-18-31(21-27)47-30-16-8-3-9-17-30/h1-18,21,32H,19-20,22-26H2,(H,38,39,40)/t32-/m0/s1. The van der Waals surface area contributed by atoms with Gasteiger partial charge in [-0.3, -0.25) is 18.2 Å². The Morgan fingerprint density at radius 1 is 0.633 bits per heavy atom. The summed E-state index contributed by atoms with van der Waals surface area (Å²) in [5.74, 6) is 0.0387. The van der Waals surface area contributed by atoms with Gasteiger partial charge in [-0.1, -0.05) is 91.0 Å². The second-order valence-electron chi connectivity index (χ2n) is 10.4. The lowest BCUT2D eigenvalue weighted by Gasteiger charge is -2.25. The SMILES string of the molecule is O=C(OCOP(=O)(OCOC(=O)OCc1ccccc1)[C@@H](CCc1cccc(Oc2ccccc2)c1)CS(=O)(=O)O)OCc1ccccc1. The summed E-state index contributed by atoms with van der Waals surface area (Å²) >= 11 is 0. The quantitative estimate of drug-likeness (QED) is 0.0465. The molecule has 13 nitrogen and oxygen atoms in total. The van der Waals surface area contributed by atoms with Crippen molar-refractivity contribution in [2.45, 2.75) is 31.7 Å². The fourth-order valence-corrected chi connectivity index (χ4v) is 7.65. The lowest BCUT2D eigenvalue weighted by atomic mass is 10.1. The Morgan fingerprint density at radius 3 is 1.61 bits per heavy atom. The molecule has 49 heavy (non-hydrogen) atoms. The molecule has 260 valence electrons. The van der Waals surface area contributed by atoms with Gasteiger partial charge in [0.1, 0.15) is 24.7 Å². The van der Waals surface area contributed by atoms with E-state index < -0.39 is 55.0 Å². The van der Waals surface area contributed by atoms with Crippen LogP contribution in [0.4, 0.5) is 9.59 Å². The average Bonchev–Trinajstić information content (AvgIpc) is 3.09. The van der Waals surface area contributed by atoms with Crippen molar-refractivity contribution >= 4 is 30.0 Å². The first kappa shape index (κ1) is 37.1. The molecule has 0 saturated carbocycles. The van der Waals surface area contributed by atoms with Crippen LogP contribution in [0.3, 0.4) is 0 Å². The third kappa shape index (κ3) is 13.7. The monoisotopic (exact) mass is 714 g/mol. The molecule has 0 saturated heterocycles. The Morgan fingerprint density at radius 2 is 1.10 bits per heavy atom. The van der Waals surface area contributed by atoms with Gasteiger partial charge < -0.3 is 23.7 Å². The summed E-state index contributed by atoms with van der Waals surface area (Å²) in [6.45, 7) is -2.20. The maximum atomic E-state index is 14.1. The minimum atomic E-state index is -4.74. The minimum absolute atomic E-state index is 0.120. The lowest BCUT2D eigenvalue weighted by molar-refractivity contribution is -0.0250. The first-order chi connectivity index (χ1) is 23.6. The van der Waals surface area contributed by atoms with Gasteiger partial charge in [0, 0.05) is 0 Å². The largest absolute Gasteiger partial charge is 0.510 e. The number of carbonyl (C=O) groups is 2. The van der Waals surface area contributed by atoms with Crippen molar-refractivity contribution in [2.75, 3.05) is 19.3 Å². The molecule has 0 unspecified atom stereocenters. The number of rotatable bonds is 18. The van der Waals surface area contributed by atoms with Gasteiger partial charge in [0.15, 0.2) is 0 Å². The first-order valence-corrected chi connectivity index (χ1v) is 18.1. The van der Waals surface area contributed by atoms with E-state index in [9.17, 15) is 27.1 Å². The number of hydrogen-bond acceptors (Lipinski definition) is 12. The zero-order valence-electron chi connectivity index (χ0n) is 26.2. The predicted octanol–water partition coefficient (Wildman–Crippen LogP) is 7.52. The highest BCUT2D eigenvalue weighted by atomic mass is 32.2. The van der Waals surface area contributed by atoms with E-state index in [-0.39, 0.29) is 26.1 Å². The number of ether oxygens (including phenoxy) is 5. The molecule has 1 atom stereocenters. The van der Waals surface area contributed by atoms with Gasteiger partial charge in [-0.05, 0) is 53.8 Å². The third-order valence-corrected chi connectivity index (χ3v) is 10.0. The second-order valence-corrected chi connectivity index (χ2v) is 14.2. The maximum absolute atomic E-state index is 14.1. The molecule has 0 fully saturated rings. The van der Waals surface area contributed by atoms with Crippen LogP contribution in [0.2, 0.25) is 0 Å². The molecule has 0 radical (unpaired) electrons. The van der Waals surface area contributed by atoms with Gasteiger partial charge in [0.2, 0.25) is 13.6 Å². The molecule has 4 aromatic rings. The molecular formula is C34H35O13PS. The van der Waals surface area contributed by atoms with Crippen molar-refractivity contribution < 1.29 is 59.9 Å². The Balaban J connectivity index is 1.43. The fourth-order valence-electron chi connectivity index (χ4n) is 4.36. The van der Waals surface area contributed by atoms with Crippen LogP contribution in [0.1, 0.15) is 23.1 Å². The van der Waals surface area contributed by atoms with Crippen LogP contribution < -0.4 is 4.74 Å². The van der Waals surface area contributed by atoms with E-state index >= 15 is 0 Å². The smallest absolute Gasteiger partial charge is 0.457 e. The normalized spacial score (nSPS) is 12.0. The van der Waals surface area contributed by atoms with Gasteiger partial charge in [0.25, 0.3) is 10.1 Å². The molecular weight excluding hydrogens is 679 g/mol. The molecule has 0 aliphatic heterocycles. The van der Waals surface area contributed by atoms with Gasteiger partial charge in [0.05, 0.1) is 11.4 Å². The molecule has 0 aromatic heterocycles. The van der Waals surface area contributed by atoms with Gasteiger partial charge in [-0.25, -0.2) is 9.59 Å². The summed E-state index contributed by atoms with van der Waals surface area (Å²) in [5, 5.41) is 0. The van der Waals surface area contributed by atoms with E-state index in [4.69, 9.17) is 32.7 Å². The number of benzene rings is 4. The minimum Gasteiger partial charge on any atom is -0.457 e. The molecule has 0 bridgehead atoms. The summed E-state index contributed by atoms with van der Waals surface area (Å²) in [4.78, 5) is 24.4. The van der Waals surface area contributed by atoms with E-state index in [1.165, 1.54) is 0 Å².